The maximum atomic E-state index is 13.5. The Labute approximate surface area is 171 Å². The highest BCUT2D eigenvalue weighted by atomic mass is 16.1. The lowest BCUT2D eigenvalue weighted by atomic mass is 9.45. The number of hydrogen-bond acceptors (Lipinski definition) is 1. The minimum absolute atomic E-state index is 0.102. The summed E-state index contributed by atoms with van der Waals surface area (Å²) in [4.78, 5) is 13.5. The monoisotopic (exact) mass is 376 g/mol. The lowest BCUT2D eigenvalue weighted by Crippen LogP contribution is -2.52. The van der Waals surface area contributed by atoms with Gasteiger partial charge in [-0.1, -0.05) is 56.5 Å². The van der Waals surface area contributed by atoms with Crippen LogP contribution in [-0.2, 0) is 4.79 Å². The Morgan fingerprint density at radius 1 is 0.929 bits per heavy atom. The summed E-state index contributed by atoms with van der Waals surface area (Å²) in [6, 6.07) is 8.64. The van der Waals surface area contributed by atoms with Gasteiger partial charge in [-0.3, -0.25) is 4.79 Å². The zero-order valence-corrected chi connectivity index (χ0v) is 18.0. The number of hydrogen-bond donors (Lipinski definition) is 0. The third-order valence-corrected chi connectivity index (χ3v) is 9.64. The zero-order valence-electron chi connectivity index (χ0n) is 18.0. The van der Waals surface area contributed by atoms with E-state index in [1.165, 1.54) is 56.1 Å². The van der Waals surface area contributed by atoms with Gasteiger partial charge < -0.3 is 0 Å². The van der Waals surface area contributed by atoms with Crippen LogP contribution in [0, 0.1) is 41.4 Å². The van der Waals surface area contributed by atoms with Crippen molar-refractivity contribution in [2.75, 3.05) is 0 Å². The van der Waals surface area contributed by atoms with E-state index in [0.29, 0.717) is 17.1 Å². The van der Waals surface area contributed by atoms with Crippen LogP contribution in [0.3, 0.4) is 0 Å². The van der Waals surface area contributed by atoms with E-state index in [1.807, 2.05) is 0 Å². The first-order chi connectivity index (χ1) is 13.4. The minimum atomic E-state index is -0.102. The van der Waals surface area contributed by atoms with Crippen molar-refractivity contribution in [3.63, 3.8) is 0 Å². The van der Waals surface area contributed by atoms with Crippen molar-refractivity contribution in [1.29, 1.82) is 0 Å². The highest BCUT2D eigenvalue weighted by molar-refractivity contribution is 6.05. The molecule has 4 aliphatic rings. The first-order valence-electron chi connectivity index (χ1n) is 11.7. The third kappa shape index (κ3) is 2.68. The predicted octanol–water partition coefficient (Wildman–Crippen LogP) is 6.99. The van der Waals surface area contributed by atoms with Crippen LogP contribution in [-0.4, -0.2) is 5.78 Å². The van der Waals surface area contributed by atoms with Gasteiger partial charge in [-0.15, -0.1) is 0 Å². The van der Waals surface area contributed by atoms with Gasteiger partial charge in [0.1, 0.15) is 0 Å². The Hall–Kier alpha value is -1.37. The average molecular weight is 377 g/mol. The fourth-order valence-electron chi connectivity index (χ4n) is 7.96. The van der Waals surface area contributed by atoms with E-state index in [1.54, 1.807) is 0 Å². The van der Waals surface area contributed by atoms with Crippen molar-refractivity contribution < 1.29 is 4.79 Å². The second kappa shape index (κ2) is 6.57. The second-order valence-corrected chi connectivity index (χ2v) is 11.0. The van der Waals surface area contributed by atoms with Gasteiger partial charge >= 0.3 is 0 Å². The fourth-order valence-corrected chi connectivity index (χ4v) is 7.96. The summed E-state index contributed by atoms with van der Waals surface area (Å²) in [5.74, 6) is 3.62. The van der Waals surface area contributed by atoms with Crippen molar-refractivity contribution in [3.8, 4) is 0 Å². The van der Waals surface area contributed by atoms with Crippen LogP contribution in [0.15, 0.2) is 29.8 Å². The molecule has 6 unspecified atom stereocenters. The van der Waals surface area contributed by atoms with E-state index in [0.717, 1.165) is 36.2 Å². The molecule has 1 nitrogen and oxygen atoms in total. The van der Waals surface area contributed by atoms with E-state index >= 15 is 0 Å². The maximum absolute atomic E-state index is 13.5. The molecular weight excluding hydrogens is 340 g/mol. The number of Topliss-reactive ketones (excluding diaryl/α,β-unsaturated/α-hetero) is 1. The number of ketones is 1. The number of carbonyl (C=O) groups excluding carboxylic acids is 1. The number of benzene rings is 1. The second-order valence-electron chi connectivity index (χ2n) is 11.0. The summed E-state index contributed by atoms with van der Waals surface area (Å²) in [5, 5.41) is 0. The zero-order chi connectivity index (χ0) is 19.5. The summed E-state index contributed by atoms with van der Waals surface area (Å²) < 4.78 is 0. The van der Waals surface area contributed by atoms with Crippen LogP contribution in [0.4, 0.5) is 0 Å². The first-order valence-corrected chi connectivity index (χ1v) is 11.7. The van der Waals surface area contributed by atoms with E-state index in [9.17, 15) is 4.79 Å². The van der Waals surface area contributed by atoms with Gasteiger partial charge in [0.2, 0.25) is 0 Å². The molecule has 0 saturated heterocycles. The van der Waals surface area contributed by atoms with Gasteiger partial charge in [-0.05, 0) is 98.2 Å². The molecule has 4 aliphatic carbocycles. The Balaban J connectivity index is 1.45. The SMILES string of the molecule is Cc1ccc(/C=C2/CC3C4CCC5CCCCC5(C)C4CCC3(C)C2=O)cc1. The van der Waals surface area contributed by atoms with Gasteiger partial charge in [-0.2, -0.15) is 0 Å². The molecule has 5 rings (SSSR count). The van der Waals surface area contributed by atoms with Crippen molar-refractivity contribution in [2.45, 2.75) is 78.6 Å². The Morgan fingerprint density at radius 2 is 1.71 bits per heavy atom. The number of carbonyl (C=O) groups is 1. The van der Waals surface area contributed by atoms with E-state index in [4.69, 9.17) is 0 Å². The lowest BCUT2D eigenvalue weighted by molar-refractivity contribution is -0.137. The Bertz CT molecular complexity index is 802. The van der Waals surface area contributed by atoms with Crippen LogP contribution in [0.2, 0.25) is 0 Å². The first kappa shape index (κ1) is 18.6. The molecule has 150 valence electrons. The molecule has 28 heavy (non-hydrogen) atoms. The molecule has 1 aromatic rings. The van der Waals surface area contributed by atoms with Crippen molar-refractivity contribution in [2.24, 2.45) is 34.5 Å². The number of aryl methyl sites for hydroxylation is 1. The molecule has 4 fully saturated rings. The molecule has 0 spiro atoms. The third-order valence-electron chi connectivity index (χ3n) is 9.64. The number of allylic oxidation sites excluding steroid dienone is 1. The molecule has 0 heterocycles. The molecule has 4 saturated carbocycles. The molecule has 1 aromatic carbocycles. The number of rotatable bonds is 1. The summed E-state index contributed by atoms with van der Waals surface area (Å²) in [6.45, 7) is 7.05. The van der Waals surface area contributed by atoms with E-state index in [2.05, 4.69) is 51.1 Å². The molecule has 0 aromatic heterocycles. The van der Waals surface area contributed by atoms with Gasteiger partial charge in [0.15, 0.2) is 5.78 Å². The van der Waals surface area contributed by atoms with E-state index < -0.39 is 0 Å². The van der Waals surface area contributed by atoms with Crippen LogP contribution in [0.25, 0.3) is 6.08 Å². The largest absolute Gasteiger partial charge is 0.294 e. The highest BCUT2D eigenvalue weighted by Gasteiger charge is 2.60. The van der Waals surface area contributed by atoms with Crippen molar-refractivity contribution in [3.05, 3.63) is 41.0 Å². The molecule has 0 N–H and O–H groups in total. The van der Waals surface area contributed by atoms with Gasteiger partial charge in [0.05, 0.1) is 0 Å². The van der Waals surface area contributed by atoms with E-state index in [-0.39, 0.29) is 5.41 Å². The maximum Gasteiger partial charge on any atom is 0.165 e. The van der Waals surface area contributed by atoms with Crippen molar-refractivity contribution >= 4 is 11.9 Å². The summed E-state index contributed by atoms with van der Waals surface area (Å²) in [5.41, 5.74) is 4.02. The minimum Gasteiger partial charge on any atom is -0.294 e. The smallest absolute Gasteiger partial charge is 0.165 e. The van der Waals surface area contributed by atoms with Gasteiger partial charge in [0.25, 0.3) is 0 Å². The van der Waals surface area contributed by atoms with Crippen LogP contribution in [0.1, 0.15) is 82.8 Å². The normalized spacial score (nSPS) is 44.1. The molecule has 1 heteroatoms. The van der Waals surface area contributed by atoms with Gasteiger partial charge in [-0.25, -0.2) is 0 Å². The molecule has 0 aliphatic heterocycles. The molecular formula is C27H36O. The Kier molecular flexibility index (Phi) is 4.38. The summed E-state index contributed by atoms with van der Waals surface area (Å²) in [6.07, 6.45) is 14.2. The quantitative estimate of drug-likeness (QED) is 0.483. The highest BCUT2D eigenvalue weighted by Crippen LogP contribution is 2.66. The van der Waals surface area contributed by atoms with Crippen LogP contribution in [0.5, 0.6) is 0 Å². The van der Waals surface area contributed by atoms with Gasteiger partial charge in [0, 0.05) is 5.41 Å². The molecule has 0 radical (unpaired) electrons. The average Bonchev–Trinajstić information content (AvgIpc) is 2.94. The number of fused-ring (bicyclic) bond motifs is 5. The molecule has 6 atom stereocenters. The lowest BCUT2D eigenvalue weighted by Gasteiger charge is -2.59. The predicted molar refractivity (Wildman–Crippen MR) is 116 cm³/mol. The molecule has 0 bridgehead atoms. The Morgan fingerprint density at radius 3 is 2.50 bits per heavy atom. The van der Waals surface area contributed by atoms with Crippen molar-refractivity contribution in [1.82, 2.24) is 0 Å². The van der Waals surface area contributed by atoms with Crippen LogP contribution >= 0.6 is 0 Å². The molecule has 0 amide bonds. The standard InChI is InChI=1S/C27H36O/c1-18-7-9-19(10-8-18)16-20-17-24-22-12-11-21-6-4-5-14-26(21,2)23(22)13-15-27(24,3)25(20)28/h7-10,16,21-24H,4-6,11-15,17H2,1-3H3/b20-16-. The topological polar surface area (TPSA) is 17.1 Å². The fraction of sp³-hybridized carbons (Fsp3) is 0.667. The van der Waals surface area contributed by atoms with Crippen LogP contribution < -0.4 is 0 Å². The summed E-state index contributed by atoms with van der Waals surface area (Å²) in [7, 11) is 0. The summed E-state index contributed by atoms with van der Waals surface area (Å²) >= 11 is 0.